The molecule has 0 spiro atoms. The topological polar surface area (TPSA) is 20.2 Å². The summed E-state index contributed by atoms with van der Waals surface area (Å²) >= 11 is 5.99. The minimum absolute atomic E-state index is 0.264. The van der Waals surface area contributed by atoms with E-state index in [2.05, 4.69) is 0 Å². The molecule has 1 atom stereocenters. The lowest BCUT2D eigenvalue weighted by Crippen LogP contribution is -2.18. The zero-order valence-electron chi connectivity index (χ0n) is 9.83. The average molecular weight is 257 g/mol. The van der Waals surface area contributed by atoms with Gasteiger partial charge in [0.1, 0.15) is 5.82 Å². The van der Waals surface area contributed by atoms with E-state index in [0.29, 0.717) is 23.8 Å². The molecule has 2 rings (SSSR count). The first-order valence-corrected chi connectivity index (χ1v) is 6.66. The smallest absolute Gasteiger partial charge is 0.123 e. The second kappa shape index (κ2) is 5.83. The molecule has 1 aliphatic rings. The van der Waals surface area contributed by atoms with Gasteiger partial charge >= 0.3 is 0 Å². The van der Waals surface area contributed by atoms with Gasteiger partial charge in [-0.15, -0.1) is 0 Å². The molecule has 1 saturated carbocycles. The first-order valence-electron chi connectivity index (χ1n) is 6.29. The minimum atomic E-state index is -0.267. The van der Waals surface area contributed by atoms with Crippen LogP contribution in [0.2, 0.25) is 5.02 Å². The lowest BCUT2D eigenvalue weighted by atomic mass is 9.95. The molecule has 94 valence electrons. The standard InChI is InChI=1S/C14H18ClFO/c15-13-7-6-12(16)9-11(13)5-8-14(17)10-3-1-2-4-10/h6-7,9-10,14,17H,1-5,8H2. The summed E-state index contributed by atoms with van der Waals surface area (Å²) in [7, 11) is 0. The van der Waals surface area contributed by atoms with Gasteiger partial charge in [0.05, 0.1) is 6.10 Å². The predicted molar refractivity (Wildman–Crippen MR) is 67.7 cm³/mol. The van der Waals surface area contributed by atoms with Crippen molar-refractivity contribution < 1.29 is 9.50 Å². The number of hydrogen-bond acceptors (Lipinski definition) is 1. The summed E-state index contributed by atoms with van der Waals surface area (Å²) < 4.78 is 13.1. The van der Waals surface area contributed by atoms with Crippen molar-refractivity contribution in [2.45, 2.75) is 44.6 Å². The third kappa shape index (κ3) is 3.43. The molecule has 1 N–H and O–H groups in total. The van der Waals surface area contributed by atoms with Crippen molar-refractivity contribution in [1.82, 2.24) is 0 Å². The van der Waals surface area contributed by atoms with E-state index in [-0.39, 0.29) is 11.9 Å². The van der Waals surface area contributed by atoms with E-state index in [9.17, 15) is 9.50 Å². The highest BCUT2D eigenvalue weighted by Gasteiger charge is 2.22. The number of halogens is 2. The molecule has 3 heteroatoms. The molecule has 1 nitrogen and oxygen atoms in total. The maximum Gasteiger partial charge on any atom is 0.123 e. The Labute approximate surface area is 107 Å². The normalized spacial score (nSPS) is 18.5. The van der Waals surface area contributed by atoms with Gasteiger partial charge in [-0.3, -0.25) is 0 Å². The van der Waals surface area contributed by atoms with Gasteiger partial charge in [-0.05, 0) is 55.4 Å². The Morgan fingerprint density at radius 3 is 2.76 bits per heavy atom. The SMILES string of the molecule is OC(CCc1cc(F)ccc1Cl)C1CCCC1. The Hall–Kier alpha value is -0.600. The average Bonchev–Trinajstić information content (AvgIpc) is 2.83. The van der Waals surface area contributed by atoms with Crippen LogP contribution in [0.15, 0.2) is 18.2 Å². The Bertz CT molecular complexity index is 374. The number of aryl methyl sites for hydroxylation is 1. The third-order valence-corrected chi connectivity index (χ3v) is 4.03. The Morgan fingerprint density at radius 2 is 2.06 bits per heavy atom. The van der Waals surface area contributed by atoms with E-state index >= 15 is 0 Å². The van der Waals surface area contributed by atoms with Crippen LogP contribution in [-0.2, 0) is 6.42 Å². The van der Waals surface area contributed by atoms with Crippen LogP contribution in [0.4, 0.5) is 4.39 Å². The first-order chi connectivity index (χ1) is 8.16. The predicted octanol–water partition coefficient (Wildman–Crippen LogP) is 3.96. The molecule has 0 saturated heterocycles. The number of hydrogen-bond donors (Lipinski definition) is 1. The fraction of sp³-hybridized carbons (Fsp3) is 0.571. The summed E-state index contributed by atoms with van der Waals surface area (Å²) in [6.07, 6.45) is 5.75. The zero-order chi connectivity index (χ0) is 12.3. The van der Waals surface area contributed by atoms with E-state index in [0.717, 1.165) is 18.4 Å². The van der Waals surface area contributed by atoms with E-state index < -0.39 is 0 Å². The van der Waals surface area contributed by atoms with Gasteiger partial charge in [0, 0.05) is 5.02 Å². The van der Waals surface area contributed by atoms with E-state index in [1.54, 1.807) is 6.07 Å². The van der Waals surface area contributed by atoms with E-state index in [1.165, 1.54) is 25.0 Å². The molecule has 1 aliphatic carbocycles. The Balaban J connectivity index is 1.90. The largest absolute Gasteiger partial charge is 0.393 e. The van der Waals surface area contributed by atoms with Crippen molar-refractivity contribution in [1.29, 1.82) is 0 Å². The molecule has 1 aromatic carbocycles. The van der Waals surface area contributed by atoms with E-state index in [1.807, 2.05) is 0 Å². The summed E-state index contributed by atoms with van der Waals surface area (Å²) in [5.41, 5.74) is 0.795. The molecule has 17 heavy (non-hydrogen) atoms. The number of rotatable bonds is 4. The van der Waals surface area contributed by atoms with Crippen LogP contribution in [0.1, 0.15) is 37.7 Å². The Morgan fingerprint density at radius 1 is 1.35 bits per heavy atom. The summed E-state index contributed by atoms with van der Waals surface area (Å²) in [5, 5.41) is 10.6. The van der Waals surface area contributed by atoms with Crippen LogP contribution in [0.3, 0.4) is 0 Å². The monoisotopic (exact) mass is 256 g/mol. The number of aliphatic hydroxyl groups excluding tert-OH is 1. The highest BCUT2D eigenvalue weighted by Crippen LogP contribution is 2.30. The van der Waals surface area contributed by atoms with Crippen molar-refractivity contribution in [3.63, 3.8) is 0 Å². The third-order valence-electron chi connectivity index (χ3n) is 3.66. The minimum Gasteiger partial charge on any atom is -0.393 e. The summed E-state index contributed by atoms with van der Waals surface area (Å²) in [6, 6.07) is 4.40. The van der Waals surface area contributed by atoms with Crippen LogP contribution < -0.4 is 0 Å². The van der Waals surface area contributed by atoms with Crippen LogP contribution in [0.5, 0.6) is 0 Å². The van der Waals surface area contributed by atoms with Crippen LogP contribution in [-0.4, -0.2) is 11.2 Å². The van der Waals surface area contributed by atoms with Crippen LogP contribution >= 0.6 is 11.6 Å². The second-order valence-electron chi connectivity index (χ2n) is 4.89. The molecule has 1 fully saturated rings. The molecule has 1 unspecified atom stereocenters. The van der Waals surface area contributed by atoms with Gasteiger partial charge < -0.3 is 5.11 Å². The summed E-state index contributed by atoms with van der Waals surface area (Å²) in [5.74, 6) is 0.169. The molecule has 0 aliphatic heterocycles. The van der Waals surface area contributed by atoms with Crippen LogP contribution in [0, 0.1) is 11.7 Å². The quantitative estimate of drug-likeness (QED) is 0.865. The van der Waals surface area contributed by atoms with E-state index in [4.69, 9.17) is 11.6 Å². The Kier molecular flexibility index (Phi) is 4.41. The molecule has 0 bridgehead atoms. The molecule has 0 aromatic heterocycles. The van der Waals surface area contributed by atoms with Crippen molar-refractivity contribution in [3.8, 4) is 0 Å². The first kappa shape index (κ1) is 12.8. The van der Waals surface area contributed by atoms with Gasteiger partial charge in [0.2, 0.25) is 0 Å². The number of benzene rings is 1. The lowest BCUT2D eigenvalue weighted by Gasteiger charge is -2.17. The summed E-state index contributed by atoms with van der Waals surface area (Å²) in [4.78, 5) is 0. The molecular weight excluding hydrogens is 239 g/mol. The highest BCUT2D eigenvalue weighted by atomic mass is 35.5. The van der Waals surface area contributed by atoms with Crippen LogP contribution in [0.25, 0.3) is 0 Å². The molecule has 0 amide bonds. The maximum absolute atomic E-state index is 13.1. The zero-order valence-corrected chi connectivity index (χ0v) is 10.6. The van der Waals surface area contributed by atoms with Crippen molar-refractivity contribution in [2.24, 2.45) is 5.92 Å². The second-order valence-corrected chi connectivity index (χ2v) is 5.29. The maximum atomic E-state index is 13.1. The van der Waals surface area contributed by atoms with Crippen molar-refractivity contribution >= 4 is 11.6 Å². The van der Waals surface area contributed by atoms with Gasteiger partial charge in [-0.25, -0.2) is 4.39 Å². The number of aliphatic hydroxyl groups is 1. The highest BCUT2D eigenvalue weighted by molar-refractivity contribution is 6.31. The van der Waals surface area contributed by atoms with Gasteiger partial charge in [0.25, 0.3) is 0 Å². The van der Waals surface area contributed by atoms with Gasteiger partial charge in [-0.1, -0.05) is 24.4 Å². The van der Waals surface area contributed by atoms with Gasteiger partial charge in [-0.2, -0.15) is 0 Å². The van der Waals surface area contributed by atoms with Crippen molar-refractivity contribution in [2.75, 3.05) is 0 Å². The molecule has 1 aromatic rings. The fourth-order valence-corrected chi connectivity index (χ4v) is 2.83. The molecule has 0 radical (unpaired) electrons. The molecular formula is C14H18ClFO. The van der Waals surface area contributed by atoms with Crippen molar-refractivity contribution in [3.05, 3.63) is 34.6 Å². The fourth-order valence-electron chi connectivity index (χ4n) is 2.62. The van der Waals surface area contributed by atoms with Gasteiger partial charge in [0.15, 0.2) is 0 Å². The lowest BCUT2D eigenvalue weighted by molar-refractivity contribution is 0.102. The summed E-state index contributed by atoms with van der Waals surface area (Å²) in [6.45, 7) is 0. The molecule has 0 heterocycles.